The van der Waals surface area contributed by atoms with Gasteiger partial charge in [0.1, 0.15) is 5.75 Å². The van der Waals surface area contributed by atoms with Gasteiger partial charge in [0.05, 0.1) is 18.4 Å². The topological polar surface area (TPSA) is 38.3 Å². The molecule has 2 rings (SSSR count). The lowest BCUT2D eigenvalue weighted by Crippen LogP contribution is -2.13. The quantitative estimate of drug-likeness (QED) is 0.700. The van der Waals surface area contributed by atoms with Crippen LogP contribution in [0.5, 0.6) is 5.75 Å². The number of methoxy groups -OCH3 is 1. The van der Waals surface area contributed by atoms with Crippen molar-refractivity contribution in [2.75, 3.05) is 12.4 Å². The summed E-state index contributed by atoms with van der Waals surface area (Å²) < 4.78 is 7.04. The van der Waals surface area contributed by atoms with Gasteiger partial charge in [-0.25, -0.2) is 0 Å². The number of halogens is 2. The Hall–Kier alpha value is -1.08. The lowest BCUT2D eigenvalue weighted by molar-refractivity contribution is 0.102. The van der Waals surface area contributed by atoms with Gasteiger partial charge in [-0.05, 0) is 81.3 Å². The number of benzene rings is 2. The van der Waals surface area contributed by atoms with Crippen LogP contribution in [0.4, 0.5) is 5.69 Å². The minimum Gasteiger partial charge on any atom is -0.495 e. The van der Waals surface area contributed by atoms with Gasteiger partial charge in [-0.15, -0.1) is 0 Å². The van der Waals surface area contributed by atoms with E-state index >= 15 is 0 Å². The van der Waals surface area contributed by atoms with Crippen molar-refractivity contribution < 1.29 is 9.53 Å². The number of aryl methyl sites for hydroxylation is 1. The van der Waals surface area contributed by atoms with Crippen molar-refractivity contribution in [2.45, 2.75) is 6.92 Å². The molecule has 0 aliphatic carbocycles. The molecule has 1 amide bonds. The van der Waals surface area contributed by atoms with Crippen LogP contribution < -0.4 is 10.1 Å². The van der Waals surface area contributed by atoms with Crippen molar-refractivity contribution in [3.05, 3.63) is 55.6 Å². The molecule has 0 heterocycles. The first-order valence-corrected chi connectivity index (χ1v) is 7.79. The molecule has 20 heavy (non-hydrogen) atoms. The van der Waals surface area contributed by atoms with Crippen LogP contribution >= 0.6 is 38.5 Å². The smallest absolute Gasteiger partial charge is 0.256 e. The monoisotopic (exact) mass is 445 g/mol. The molecule has 0 saturated carbocycles. The van der Waals surface area contributed by atoms with Crippen LogP contribution in [-0.4, -0.2) is 13.0 Å². The Morgan fingerprint density at radius 2 is 2.00 bits per heavy atom. The number of amides is 1. The van der Waals surface area contributed by atoms with E-state index in [4.69, 9.17) is 4.74 Å². The maximum atomic E-state index is 12.4. The van der Waals surface area contributed by atoms with Crippen LogP contribution in [0.2, 0.25) is 0 Å². The fourth-order valence-corrected chi connectivity index (χ4v) is 2.70. The Bertz CT molecular complexity index is 658. The molecule has 0 unspecified atom stereocenters. The van der Waals surface area contributed by atoms with Crippen molar-refractivity contribution in [3.63, 3.8) is 0 Å². The van der Waals surface area contributed by atoms with E-state index in [9.17, 15) is 4.79 Å². The molecule has 0 fully saturated rings. The molecule has 2 aromatic carbocycles. The standard InChI is InChI=1S/C15H13BrINO2/c1-9-3-6-14(20-2)13(7-9)18-15(19)11-8-10(17)4-5-12(11)16/h3-8H,1-2H3,(H,18,19). The van der Waals surface area contributed by atoms with E-state index < -0.39 is 0 Å². The van der Waals surface area contributed by atoms with Crippen molar-refractivity contribution in [2.24, 2.45) is 0 Å². The average molecular weight is 446 g/mol. The third-order valence-electron chi connectivity index (χ3n) is 2.78. The van der Waals surface area contributed by atoms with Crippen LogP contribution in [0.15, 0.2) is 40.9 Å². The van der Waals surface area contributed by atoms with Crippen LogP contribution in [-0.2, 0) is 0 Å². The van der Waals surface area contributed by atoms with Crippen LogP contribution in [0.25, 0.3) is 0 Å². The van der Waals surface area contributed by atoms with E-state index in [1.165, 1.54) is 0 Å². The molecule has 104 valence electrons. The molecular formula is C15H13BrINO2. The zero-order valence-corrected chi connectivity index (χ0v) is 14.8. The number of rotatable bonds is 3. The molecule has 1 N–H and O–H groups in total. The predicted octanol–water partition coefficient (Wildman–Crippen LogP) is 4.62. The summed E-state index contributed by atoms with van der Waals surface area (Å²) in [6.07, 6.45) is 0. The largest absolute Gasteiger partial charge is 0.495 e. The summed E-state index contributed by atoms with van der Waals surface area (Å²) in [5.41, 5.74) is 2.33. The Labute approximate surface area is 140 Å². The molecule has 3 nitrogen and oxygen atoms in total. The Morgan fingerprint density at radius 3 is 2.70 bits per heavy atom. The zero-order valence-electron chi connectivity index (χ0n) is 11.0. The molecule has 0 radical (unpaired) electrons. The van der Waals surface area contributed by atoms with Crippen LogP contribution in [0.1, 0.15) is 15.9 Å². The van der Waals surface area contributed by atoms with Gasteiger partial charge in [0.15, 0.2) is 0 Å². The molecule has 0 spiro atoms. The maximum Gasteiger partial charge on any atom is 0.256 e. The van der Waals surface area contributed by atoms with Crippen molar-refractivity contribution >= 4 is 50.1 Å². The van der Waals surface area contributed by atoms with Crippen molar-refractivity contribution in [1.82, 2.24) is 0 Å². The fourth-order valence-electron chi connectivity index (χ4n) is 1.78. The third-order valence-corrected chi connectivity index (χ3v) is 4.14. The number of hydrogen-bond acceptors (Lipinski definition) is 2. The van der Waals surface area contributed by atoms with Gasteiger partial charge in [-0.3, -0.25) is 4.79 Å². The second kappa shape index (κ2) is 6.58. The highest BCUT2D eigenvalue weighted by molar-refractivity contribution is 14.1. The Balaban J connectivity index is 2.32. The summed E-state index contributed by atoms with van der Waals surface area (Å²) >= 11 is 5.58. The predicted molar refractivity (Wildman–Crippen MR) is 92.5 cm³/mol. The highest BCUT2D eigenvalue weighted by atomic mass is 127. The first kappa shape index (κ1) is 15.3. The van der Waals surface area contributed by atoms with Crippen LogP contribution in [0, 0.1) is 10.5 Å². The molecule has 0 bridgehead atoms. The summed E-state index contributed by atoms with van der Waals surface area (Å²) in [5, 5.41) is 2.89. The second-order valence-corrected chi connectivity index (χ2v) is 6.38. The van der Waals surface area contributed by atoms with E-state index in [1.54, 1.807) is 7.11 Å². The summed E-state index contributed by atoms with van der Waals surface area (Å²) in [5.74, 6) is 0.477. The van der Waals surface area contributed by atoms with E-state index in [2.05, 4.69) is 43.8 Å². The minimum absolute atomic E-state index is 0.167. The Morgan fingerprint density at radius 1 is 1.25 bits per heavy atom. The minimum atomic E-state index is -0.167. The number of carbonyl (C=O) groups excluding carboxylic acids is 1. The molecule has 5 heteroatoms. The van der Waals surface area contributed by atoms with E-state index in [1.807, 2.05) is 43.3 Å². The highest BCUT2D eigenvalue weighted by Crippen LogP contribution is 2.27. The average Bonchev–Trinajstić information content (AvgIpc) is 2.41. The van der Waals surface area contributed by atoms with Gasteiger partial charge in [-0.2, -0.15) is 0 Å². The second-order valence-electron chi connectivity index (χ2n) is 4.28. The molecule has 2 aromatic rings. The fraction of sp³-hybridized carbons (Fsp3) is 0.133. The normalized spacial score (nSPS) is 10.2. The number of nitrogens with one attached hydrogen (secondary N) is 1. The molecular weight excluding hydrogens is 433 g/mol. The number of anilines is 1. The number of ether oxygens (including phenoxy) is 1. The molecule has 0 saturated heterocycles. The van der Waals surface area contributed by atoms with Crippen molar-refractivity contribution in [3.8, 4) is 5.75 Å². The lowest BCUT2D eigenvalue weighted by atomic mass is 10.1. The summed E-state index contributed by atoms with van der Waals surface area (Å²) in [4.78, 5) is 12.4. The third kappa shape index (κ3) is 3.52. The van der Waals surface area contributed by atoms with E-state index in [-0.39, 0.29) is 5.91 Å². The Kier molecular flexibility index (Phi) is 5.04. The molecule has 0 aliphatic rings. The summed E-state index contributed by atoms with van der Waals surface area (Å²) in [6.45, 7) is 1.97. The highest BCUT2D eigenvalue weighted by Gasteiger charge is 2.13. The van der Waals surface area contributed by atoms with Gasteiger partial charge < -0.3 is 10.1 Å². The first-order valence-electron chi connectivity index (χ1n) is 5.92. The summed E-state index contributed by atoms with van der Waals surface area (Å²) in [6, 6.07) is 11.3. The molecule has 0 aliphatic heterocycles. The first-order chi connectivity index (χ1) is 9.51. The molecule has 0 atom stereocenters. The van der Waals surface area contributed by atoms with Crippen LogP contribution in [0.3, 0.4) is 0 Å². The van der Waals surface area contributed by atoms with Gasteiger partial charge >= 0.3 is 0 Å². The number of carbonyl (C=O) groups is 1. The zero-order chi connectivity index (χ0) is 14.7. The lowest BCUT2D eigenvalue weighted by Gasteiger charge is -2.12. The van der Waals surface area contributed by atoms with E-state index in [0.29, 0.717) is 17.0 Å². The SMILES string of the molecule is COc1ccc(C)cc1NC(=O)c1cc(I)ccc1Br. The van der Waals surface area contributed by atoms with E-state index in [0.717, 1.165) is 13.6 Å². The van der Waals surface area contributed by atoms with Gasteiger partial charge in [0.25, 0.3) is 5.91 Å². The van der Waals surface area contributed by atoms with Gasteiger partial charge in [0, 0.05) is 8.04 Å². The molecule has 0 aromatic heterocycles. The number of hydrogen-bond donors (Lipinski definition) is 1. The van der Waals surface area contributed by atoms with Crippen molar-refractivity contribution in [1.29, 1.82) is 0 Å². The van der Waals surface area contributed by atoms with Gasteiger partial charge in [-0.1, -0.05) is 6.07 Å². The maximum absolute atomic E-state index is 12.4. The summed E-state index contributed by atoms with van der Waals surface area (Å²) in [7, 11) is 1.59. The van der Waals surface area contributed by atoms with Gasteiger partial charge in [0.2, 0.25) is 0 Å².